The van der Waals surface area contributed by atoms with E-state index < -0.39 is 0 Å². The van der Waals surface area contributed by atoms with Crippen LogP contribution in [-0.2, 0) is 4.74 Å². The highest BCUT2D eigenvalue weighted by molar-refractivity contribution is 14.0. The monoisotopic (exact) mass is 494 g/mol. The van der Waals surface area contributed by atoms with Crippen molar-refractivity contribution in [3.05, 3.63) is 22.4 Å². The Morgan fingerprint density at radius 2 is 2.08 bits per heavy atom. The first-order valence-electron chi connectivity index (χ1n) is 9.23. The van der Waals surface area contributed by atoms with Gasteiger partial charge in [0.25, 0.3) is 0 Å². The number of methoxy groups -OCH3 is 1. The van der Waals surface area contributed by atoms with Gasteiger partial charge in [-0.05, 0) is 50.2 Å². The predicted molar refractivity (Wildman–Crippen MR) is 123 cm³/mol. The molecule has 1 unspecified atom stereocenters. The van der Waals surface area contributed by atoms with Gasteiger partial charge in [-0.25, -0.2) is 0 Å². The van der Waals surface area contributed by atoms with E-state index in [2.05, 4.69) is 52.1 Å². The average Bonchev–Trinajstić information content (AvgIpc) is 3.28. The van der Waals surface area contributed by atoms with Gasteiger partial charge in [-0.15, -0.1) is 35.3 Å². The number of guanidine groups is 1. The van der Waals surface area contributed by atoms with Gasteiger partial charge in [0.2, 0.25) is 0 Å². The van der Waals surface area contributed by atoms with Crippen molar-refractivity contribution in [2.45, 2.75) is 38.1 Å². The van der Waals surface area contributed by atoms with Crippen molar-refractivity contribution in [3.8, 4) is 0 Å². The molecule has 1 aromatic rings. The summed E-state index contributed by atoms with van der Waals surface area (Å²) in [7, 11) is 7.89. The highest BCUT2D eigenvalue weighted by Gasteiger charge is 2.33. The molecule has 1 aliphatic rings. The molecular formula is C19H35IN4OS. The molecule has 0 bridgehead atoms. The number of likely N-dealkylation sites (N-methyl/N-ethyl adjacent to an activating group) is 1. The van der Waals surface area contributed by atoms with Crippen molar-refractivity contribution in [3.63, 3.8) is 0 Å². The maximum Gasteiger partial charge on any atom is 0.191 e. The molecule has 0 amide bonds. The Morgan fingerprint density at radius 3 is 2.62 bits per heavy atom. The molecule has 0 aliphatic heterocycles. The summed E-state index contributed by atoms with van der Waals surface area (Å²) >= 11 is 1.80. The number of nitrogens with one attached hydrogen (secondary N) is 2. The number of aliphatic imine (C=N–C) groups is 1. The number of thiophene rings is 1. The van der Waals surface area contributed by atoms with Gasteiger partial charge in [-0.1, -0.05) is 18.9 Å². The minimum Gasteiger partial charge on any atom is -0.385 e. The van der Waals surface area contributed by atoms with Gasteiger partial charge in [0.05, 0.1) is 6.04 Å². The second-order valence-electron chi connectivity index (χ2n) is 7.25. The van der Waals surface area contributed by atoms with Crippen LogP contribution in [0.2, 0.25) is 0 Å². The van der Waals surface area contributed by atoms with Crippen molar-refractivity contribution in [1.29, 1.82) is 0 Å². The van der Waals surface area contributed by atoms with Crippen LogP contribution in [0.4, 0.5) is 0 Å². The molecule has 2 rings (SSSR count). The SMILES string of the molecule is CN=C(NCC(c1cccs1)N(C)C)NCC1(CCOC)CCCC1.I. The van der Waals surface area contributed by atoms with E-state index in [0.29, 0.717) is 11.5 Å². The number of rotatable bonds is 9. The van der Waals surface area contributed by atoms with E-state index in [9.17, 15) is 0 Å². The summed E-state index contributed by atoms with van der Waals surface area (Å²) in [6.45, 7) is 2.66. The molecule has 1 aliphatic carbocycles. The summed E-state index contributed by atoms with van der Waals surface area (Å²) < 4.78 is 5.33. The van der Waals surface area contributed by atoms with Crippen molar-refractivity contribution in [2.75, 3.05) is 47.9 Å². The molecule has 0 radical (unpaired) electrons. The van der Waals surface area contributed by atoms with E-state index >= 15 is 0 Å². The molecule has 0 spiro atoms. The standard InChI is InChI=1S/C19H34N4OS.HI/c1-20-18(21-14-16(23(2)3)17-8-7-13-25-17)22-15-19(11-12-24-4)9-5-6-10-19;/h7-8,13,16H,5-6,9-12,14-15H2,1-4H3,(H2,20,21,22);1H. The quantitative estimate of drug-likeness (QED) is 0.312. The van der Waals surface area contributed by atoms with Crippen LogP contribution in [0.5, 0.6) is 0 Å². The number of halogens is 1. The number of nitrogens with zero attached hydrogens (tertiary/aromatic N) is 2. The molecule has 1 saturated carbocycles. The fourth-order valence-electron chi connectivity index (χ4n) is 3.66. The van der Waals surface area contributed by atoms with Gasteiger partial charge in [-0.2, -0.15) is 0 Å². The Labute approximate surface area is 180 Å². The van der Waals surface area contributed by atoms with Gasteiger partial charge >= 0.3 is 0 Å². The molecule has 7 heteroatoms. The Hall–Kier alpha value is -0.380. The van der Waals surface area contributed by atoms with E-state index in [-0.39, 0.29) is 24.0 Å². The number of hydrogen-bond donors (Lipinski definition) is 2. The third-order valence-electron chi connectivity index (χ3n) is 5.31. The fraction of sp³-hybridized carbons (Fsp3) is 0.737. The molecule has 150 valence electrons. The van der Waals surface area contributed by atoms with E-state index in [1.807, 2.05) is 7.05 Å². The maximum atomic E-state index is 5.33. The summed E-state index contributed by atoms with van der Waals surface area (Å²) in [5.74, 6) is 0.895. The van der Waals surface area contributed by atoms with Crippen LogP contribution < -0.4 is 10.6 Å². The molecular weight excluding hydrogens is 459 g/mol. The Kier molecular flexibility index (Phi) is 11.1. The molecule has 0 saturated heterocycles. The van der Waals surface area contributed by atoms with Crippen molar-refractivity contribution in [2.24, 2.45) is 10.4 Å². The summed E-state index contributed by atoms with van der Waals surface area (Å²) in [4.78, 5) is 8.05. The normalized spacial score (nSPS) is 17.8. The van der Waals surface area contributed by atoms with Crippen LogP contribution in [0, 0.1) is 5.41 Å². The molecule has 5 nitrogen and oxygen atoms in total. The Balaban J connectivity index is 0.00000338. The van der Waals surface area contributed by atoms with Crippen molar-refractivity contribution >= 4 is 41.3 Å². The van der Waals surface area contributed by atoms with Crippen molar-refractivity contribution < 1.29 is 4.74 Å². The largest absolute Gasteiger partial charge is 0.385 e. The molecule has 26 heavy (non-hydrogen) atoms. The molecule has 1 aromatic heterocycles. The van der Waals surface area contributed by atoms with Gasteiger partial charge in [0.15, 0.2) is 5.96 Å². The lowest BCUT2D eigenvalue weighted by Gasteiger charge is -2.30. The van der Waals surface area contributed by atoms with Gasteiger partial charge in [-0.3, -0.25) is 4.99 Å². The first-order valence-corrected chi connectivity index (χ1v) is 10.1. The summed E-state index contributed by atoms with van der Waals surface area (Å²) in [6, 6.07) is 4.67. The summed E-state index contributed by atoms with van der Waals surface area (Å²) in [5.41, 5.74) is 0.363. The van der Waals surface area contributed by atoms with Crippen LogP contribution in [0.1, 0.15) is 43.0 Å². The molecule has 2 N–H and O–H groups in total. The smallest absolute Gasteiger partial charge is 0.191 e. The zero-order valence-electron chi connectivity index (χ0n) is 16.6. The lowest BCUT2D eigenvalue weighted by Crippen LogP contribution is -2.45. The lowest BCUT2D eigenvalue weighted by atomic mass is 9.83. The zero-order chi connectivity index (χ0) is 18.1. The number of ether oxygens (including phenoxy) is 1. The average molecular weight is 494 g/mol. The molecule has 1 fully saturated rings. The van der Waals surface area contributed by atoms with Crippen LogP contribution in [0.25, 0.3) is 0 Å². The zero-order valence-corrected chi connectivity index (χ0v) is 19.7. The lowest BCUT2D eigenvalue weighted by molar-refractivity contribution is 0.138. The topological polar surface area (TPSA) is 48.9 Å². The second-order valence-corrected chi connectivity index (χ2v) is 8.23. The van der Waals surface area contributed by atoms with E-state index in [1.54, 1.807) is 18.4 Å². The minimum atomic E-state index is 0. The van der Waals surface area contributed by atoms with Crippen LogP contribution in [-0.4, -0.2) is 58.8 Å². The maximum absolute atomic E-state index is 5.33. The van der Waals surface area contributed by atoms with Crippen molar-refractivity contribution in [1.82, 2.24) is 15.5 Å². The van der Waals surface area contributed by atoms with Gasteiger partial charge in [0, 0.05) is 38.7 Å². The highest BCUT2D eigenvalue weighted by Crippen LogP contribution is 2.40. The predicted octanol–water partition coefficient (Wildman–Crippen LogP) is 3.73. The molecule has 1 atom stereocenters. The van der Waals surface area contributed by atoms with Crippen LogP contribution in [0.15, 0.2) is 22.5 Å². The Bertz CT molecular complexity index is 516. The first kappa shape index (κ1) is 23.7. The van der Waals surface area contributed by atoms with Crippen LogP contribution >= 0.6 is 35.3 Å². The van der Waals surface area contributed by atoms with Gasteiger partial charge in [0.1, 0.15) is 0 Å². The van der Waals surface area contributed by atoms with Gasteiger partial charge < -0.3 is 20.3 Å². The third-order valence-corrected chi connectivity index (χ3v) is 6.29. The van der Waals surface area contributed by atoms with E-state index in [1.165, 1.54) is 30.6 Å². The summed E-state index contributed by atoms with van der Waals surface area (Å²) in [5, 5.41) is 9.22. The number of hydrogen-bond acceptors (Lipinski definition) is 4. The van der Waals surface area contributed by atoms with E-state index in [4.69, 9.17) is 4.74 Å². The third kappa shape index (κ3) is 6.98. The molecule has 0 aromatic carbocycles. The van der Waals surface area contributed by atoms with Crippen LogP contribution in [0.3, 0.4) is 0 Å². The molecule has 1 heterocycles. The second kappa shape index (κ2) is 12.2. The summed E-state index contributed by atoms with van der Waals surface area (Å²) in [6.07, 6.45) is 6.37. The Morgan fingerprint density at radius 1 is 1.35 bits per heavy atom. The highest BCUT2D eigenvalue weighted by atomic mass is 127. The first-order chi connectivity index (χ1) is 12.1. The fourth-order valence-corrected chi connectivity index (χ4v) is 4.59. The van der Waals surface area contributed by atoms with E-state index in [0.717, 1.165) is 32.1 Å². The minimum absolute atomic E-state index is 0.